The first-order valence-electron chi connectivity index (χ1n) is 5.67. The summed E-state index contributed by atoms with van der Waals surface area (Å²) in [5.74, 6) is 1.87. The minimum absolute atomic E-state index is 0.797. The minimum Gasteiger partial charge on any atom is -0.333 e. The molecule has 0 atom stereocenters. The van der Waals surface area contributed by atoms with Gasteiger partial charge in [-0.2, -0.15) is 5.26 Å². The summed E-state index contributed by atoms with van der Waals surface area (Å²) in [6.45, 7) is 0. The van der Waals surface area contributed by atoms with Crippen LogP contribution in [0.4, 0.5) is 0 Å². The SMILES string of the molecule is N#Cc1cc(C=Cc2cccnc2)n2c1CSC2. The summed E-state index contributed by atoms with van der Waals surface area (Å²) in [6, 6.07) is 8.15. The van der Waals surface area contributed by atoms with E-state index in [2.05, 4.69) is 15.6 Å². The number of hydrogen-bond donors (Lipinski definition) is 0. The van der Waals surface area contributed by atoms with E-state index in [0.29, 0.717) is 0 Å². The van der Waals surface area contributed by atoms with Crippen LogP contribution in [-0.2, 0) is 11.6 Å². The zero-order valence-corrected chi connectivity index (χ0v) is 10.5. The molecule has 3 nitrogen and oxygen atoms in total. The van der Waals surface area contributed by atoms with E-state index in [-0.39, 0.29) is 0 Å². The third kappa shape index (κ3) is 1.93. The first-order valence-corrected chi connectivity index (χ1v) is 6.82. The van der Waals surface area contributed by atoms with E-state index in [4.69, 9.17) is 5.26 Å². The number of nitriles is 1. The molecule has 0 saturated heterocycles. The van der Waals surface area contributed by atoms with Gasteiger partial charge in [0.25, 0.3) is 0 Å². The molecule has 18 heavy (non-hydrogen) atoms. The van der Waals surface area contributed by atoms with E-state index >= 15 is 0 Å². The highest BCUT2D eigenvalue weighted by atomic mass is 32.2. The molecular formula is C14H11N3S. The third-order valence-electron chi connectivity index (χ3n) is 2.95. The molecule has 0 aliphatic carbocycles. The topological polar surface area (TPSA) is 41.6 Å². The van der Waals surface area contributed by atoms with E-state index in [1.807, 2.05) is 48.3 Å². The molecule has 0 spiro atoms. The summed E-state index contributed by atoms with van der Waals surface area (Å²) in [6.07, 6.45) is 7.66. The molecule has 3 rings (SSSR count). The Hall–Kier alpha value is -1.99. The van der Waals surface area contributed by atoms with Crippen LogP contribution in [0.25, 0.3) is 12.2 Å². The first kappa shape index (κ1) is 11.1. The summed E-state index contributed by atoms with van der Waals surface area (Å²) in [7, 11) is 0. The van der Waals surface area contributed by atoms with Gasteiger partial charge in [-0.25, -0.2) is 0 Å². The standard InChI is InChI=1S/C14H11N3S/c15-7-12-6-13(17-10-18-9-14(12)17)4-3-11-2-1-5-16-8-11/h1-6,8H,9-10H2. The number of fused-ring (bicyclic) bond motifs is 1. The van der Waals surface area contributed by atoms with Crippen molar-refractivity contribution in [1.29, 1.82) is 5.26 Å². The second-order valence-electron chi connectivity index (χ2n) is 4.07. The second-order valence-corrected chi connectivity index (χ2v) is 5.02. The lowest BCUT2D eigenvalue weighted by atomic mass is 10.2. The molecule has 0 N–H and O–H groups in total. The maximum atomic E-state index is 9.09. The summed E-state index contributed by atoms with van der Waals surface area (Å²) < 4.78 is 2.20. The van der Waals surface area contributed by atoms with Crippen LogP contribution in [0, 0.1) is 11.3 Å². The van der Waals surface area contributed by atoms with Crippen LogP contribution in [0.2, 0.25) is 0 Å². The summed E-state index contributed by atoms with van der Waals surface area (Å²) in [5, 5.41) is 9.09. The average Bonchev–Trinajstić information content (AvgIpc) is 3.00. The van der Waals surface area contributed by atoms with Crippen LogP contribution in [0.3, 0.4) is 0 Å². The van der Waals surface area contributed by atoms with Gasteiger partial charge in [-0.1, -0.05) is 12.1 Å². The number of rotatable bonds is 2. The first-order chi connectivity index (χ1) is 8.88. The summed E-state index contributed by atoms with van der Waals surface area (Å²) >= 11 is 1.84. The van der Waals surface area contributed by atoms with Gasteiger partial charge in [-0.3, -0.25) is 4.98 Å². The molecule has 0 aromatic carbocycles. The monoisotopic (exact) mass is 253 g/mol. The number of thioether (sulfide) groups is 1. The van der Waals surface area contributed by atoms with Crippen LogP contribution in [0.1, 0.15) is 22.5 Å². The molecule has 0 saturated carbocycles. The highest BCUT2D eigenvalue weighted by Gasteiger charge is 2.18. The van der Waals surface area contributed by atoms with E-state index in [0.717, 1.165) is 34.1 Å². The van der Waals surface area contributed by atoms with Crippen molar-refractivity contribution in [3.05, 3.63) is 53.1 Å². The van der Waals surface area contributed by atoms with Crippen molar-refractivity contribution < 1.29 is 0 Å². The average molecular weight is 253 g/mol. The normalized spacial score (nSPS) is 13.7. The van der Waals surface area contributed by atoms with Gasteiger partial charge in [0.15, 0.2) is 0 Å². The Morgan fingerprint density at radius 1 is 1.44 bits per heavy atom. The van der Waals surface area contributed by atoms with Crippen LogP contribution < -0.4 is 0 Å². The van der Waals surface area contributed by atoms with E-state index in [1.54, 1.807) is 6.20 Å². The lowest BCUT2D eigenvalue weighted by Gasteiger charge is -1.99. The third-order valence-corrected chi connectivity index (χ3v) is 3.87. The Labute approximate surface area is 110 Å². The summed E-state index contributed by atoms with van der Waals surface area (Å²) in [4.78, 5) is 4.08. The lowest BCUT2D eigenvalue weighted by Crippen LogP contribution is -1.93. The van der Waals surface area contributed by atoms with Gasteiger partial charge in [0.2, 0.25) is 0 Å². The largest absolute Gasteiger partial charge is 0.333 e. The van der Waals surface area contributed by atoms with E-state index in [1.165, 1.54) is 0 Å². The Morgan fingerprint density at radius 2 is 2.39 bits per heavy atom. The second kappa shape index (κ2) is 4.71. The van der Waals surface area contributed by atoms with Crippen molar-refractivity contribution in [3.63, 3.8) is 0 Å². The molecule has 4 heteroatoms. The Kier molecular flexibility index (Phi) is 2.91. The van der Waals surface area contributed by atoms with Crippen molar-refractivity contribution >= 4 is 23.9 Å². The fourth-order valence-electron chi connectivity index (χ4n) is 2.04. The zero-order chi connectivity index (χ0) is 12.4. The van der Waals surface area contributed by atoms with Crippen LogP contribution in [-0.4, -0.2) is 9.55 Å². The fourth-order valence-corrected chi connectivity index (χ4v) is 3.13. The molecule has 0 fully saturated rings. The van der Waals surface area contributed by atoms with Crippen LogP contribution >= 0.6 is 11.8 Å². The van der Waals surface area contributed by atoms with Gasteiger partial charge in [0.1, 0.15) is 6.07 Å². The molecule has 0 radical (unpaired) electrons. The van der Waals surface area contributed by atoms with Crippen molar-refractivity contribution in [2.24, 2.45) is 0 Å². The maximum absolute atomic E-state index is 9.09. The Balaban J connectivity index is 1.95. The zero-order valence-electron chi connectivity index (χ0n) is 9.71. The molecule has 2 aromatic rings. The van der Waals surface area contributed by atoms with E-state index < -0.39 is 0 Å². The lowest BCUT2D eigenvalue weighted by molar-refractivity contribution is 0.876. The number of nitrogens with zero attached hydrogens (tertiary/aromatic N) is 3. The summed E-state index contributed by atoms with van der Waals surface area (Å²) in [5.41, 5.74) is 4.10. The van der Waals surface area contributed by atoms with Gasteiger partial charge in [0.05, 0.1) is 11.4 Å². The van der Waals surface area contributed by atoms with Gasteiger partial charge >= 0.3 is 0 Å². The number of aromatic nitrogens is 2. The predicted molar refractivity (Wildman–Crippen MR) is 73.6 cm³/mol. The molecule has 2 aromatic heterocycles. The van der Waals surface area contributed by atoms with Gasteiger partial charge < -0.3 is 4.57 Å². The Morgan fingerprint density at radius 3 is 3.17 bits per heavy atom. The quantitative estimate of drug-likeness (QED) is 0.825. The molecule has 1 aliphatic rings. The van der Waals surface area contributed by atoms with E-state index in [9.17, 15) is 0 Å². The Bertz CT molecular complexity index is 635. The smallest absolute Gasteiger partial charge is 0.101 e. The maximum Gasteiger partial charge on any atom is 0.101 e. The van der Waals surface area contributed by atoms with Crippen molar-refractivity contribution in [2.45, 2.75) is 11.6 Å². The molecule has 1 aliphatic heterocycles. The molecule has 0 bridgehead atoms. The highest BCUT2D eigenvalue weighted by Crippen LogP contribution is 2.30. The predicted octanol–water partition coefficient (Wildman–Crippen LogP) is 3.13. The minimum atomic E-state index is 0.797. The molecule has 0 unspecified atom stereocenters. The van der Waals surface area contributed by atoms with Gasteiger partial charge in [0, 0.05) is 29.5 Å². The van der Waals surface area contributed by atoms with Crippen molar-refractivity contribution in [3.8, 4) is 6.07 Å². The number of pyridine rings is 1. The van der Waals surface area contributed by atoms with Gasteiger partial charge in [-0.05, 0) is 23.8 Å². The molecule has 88 valence electrons. The van der Waals surface area contributed by atoms with Gasteiger partial charge in [-0.15, -0.1) is 11.8 Å². The molecule has 3 heterocycles. The molecule has 0 amide bonds. The van der Waals surface area contributed by atoms with Crippen molar-refractivity contribution in [1.82, 2.24) is 9.55 Å². The highest BCUT2D eigenvalue weighted by molar-refractivity contribution is 7.97. The number of hydrogen-bond acceptors (Lipinski definition) is 3. The van der Waals surface area contributed by atoms with Crippen molar-refractivity contribution in [2.75, 3.05) is 0 Å². The molecular weight excluding hydrogens is 242 g/mol. The van der Waals surface area contributed by atoms with Crippen LogP contribution in [0.15, 0.2) is 30.6 Å². The fraction of sp³-hybridized carbons (Fsp3) is 0.143. The van der Waals surface area contributed by atoms with Crippen LogP contribution in [0.5, 0.6) is 0 Å².